The Kier molecular flexibility index (Phi) is 5.03. The van der Waals surface area contributed by atoms with Crippen LogP contribution < -0.4 is 4.90 Å². The van der Waals surface area contributed by atoms with Crippen molar-refractivity contribution in [2.24, 2.45) is 0 Å². The fraction of sp³-hybridized carbons (Fsp3) is 0.474. The molecule has 23 heavy (non-hydrogen) atoms. The van der Waals surface area contributed by atoms with Crippen LogP contribution in [0.2, 0.25) is 0 Å². The second kappa shape index (κ2) is 7.20. The Morgan fingerprint density at radius 2 is 2.09 bits per heavy atom. The highest BCUT2D eigenvalue weighted by Crippen LogP contribution is 2.30. The third kappa shape index (κ3) is 3.77. The molecule has 0 saturated carbocycles. The average molecular weight is 314 g/mol. The molecule has 2 heterocycles. The molecule has 1 saturated heterocycles. The zero-order valence-electron chi connectivity index (χ0n) is 14.0. The summed E-state index contributed by atoms with van der Waals surface area (Å²) >= 11 is 0. The van der Waals surface area contributed by atoms with Crippen molar-refractivity contribution in [2.75, 3.05) is 25.5 Å². The lowest BCUT2D eigenvalue weighted by Crippen LogP contribution is -2.31. The minimum absolute atomic E-state index is 0.408. The normalized spacial score (nSPS) is 19.9. The number of likely N-dealkylation sites (tertiary alicyclic amines) is 1. The summed E-state index contributed by atoms with van der Waals surface area (Å²) in [7, 11) is 4.17. The van der Waals surface area contributed by atoms with E-state index in [1.807, 2.05) is 12.1 Å². The molecule has 4 heteroatoms. The molecule has 0 radical (unpaired) electrons. The molecule has 1 aromatic heterocycles. The molecule has 1 aliphatic rings. The molecular weight excluding hydrogens is 288 g/mol. The van der Waals surface area contributed by atoms with E-state index < -0.39 is 6.10 Å². The highest BCUT2D eigenvalue weighted by Gasteiger charge is 2.28. The fourth-order valence-corrected chi connectivity index (χ4v) is 3.52. The maximum atomic E-state index is 10.4. The van der Waals surface area contributed by atoms with Crippen molar-refractivity contribution in [3.8, 4) is 0 Å². The Morgan fingerprint density at radius 1 is 1.26 bits per heavy atom. The van der Waals surface area contributed by atoms with Crippen molar-refractivity contribution in [3.05, 3.63) is 54.0 Å². The van der Waals surface area contributed by atoms with E-state index >= 15 is 0 Å². The number of nitrogens with zero attached hydrogens (tertiary/aromatic N) is 2. The van der Waals surface area contributed by atoms with Crippen molar-refractivity contribution in [3.63, 3.8) is 0 Å². The van der Waals surface area contributed by atoms with Crippen molar-refractivity contribution >= 4 is 5.69 Å². The van der Waals surface area contributed by atoms with E-state index in [2.05, 4.69) is 48.2 Å². The van der Waals surface area contributed by atoms with Crippen LogP contribution in [0.25, 0.3) is 0 Å². The third-order valence-corrected chi connectivity index (χ3v) is 4.71. The molecule has 0 spiro atoms. The minimum atomic E-state index is -0.514. The number of furan rings is 1. The van der Waals surface area contributed by atoms with E-state index in [1.165, 1.54) is 17.7 Å². The monoisotopic (exact) mass is 314 g/mol. The van der Waals surface area contributed by atoms with Crippen molar-refractivity contribution in [2.45, 2.75) is 38.0 Å². The van der Waals surface area contributed by atoms with Crippen molar-refractivity contribution < 1.29 is 9.52 Å². The predicted molar refractivity (Wildman–Crippen MR) is 92.5 cm³/mol. The van der Waals surface area contributed by atoms with Gasteiger partial charge in [0.1, 0.15) is 11.9 Å². The van der Waals surface area contributed by atoms with E-state index in [-0.39, 0.29) is 0 Å². The van der Waals surface area contributed by atoms with Crippen LogP contribution in [0, 0.1) is 0 Å². The summed E-state index contributed by atoms with van der Waals surface area (Å²) in [6.07, 6.45) is 4.18. The van der Waals surface area contributed by atoms with Gasteiger partial charge in [0.2, 0.25) is 0 Å². The number of aliphatic hydroxyl groups excluding tert-OH is 1. The van der Waals surface area contributed by atoms with Crippen molar-refractivity contribution in [1.82, 2.24) is 4.90 Å². The van der Waals surface area contributed by atoms with Gasteiger partial charge >= 0.3 is 0 Å². The summed E-state index contributed by atoms with van der Waals surface area (Å²) in [4.78, 5) is 4.66. The lowest BCUT2D eigenvalue weighted by atomic mass is 10.0. The van der Waals surface area contributed by atoms with Gasteiger partial charge in [-0.2, -0.15) is 0 Å². The summed E-state index contributed by atoms with van der Waals surface area (Å²) in [5.74, 6) is 0.672. The zero-order chi connectivity index (χ0) is 16.2. The highest BCUT2D eigenvalue weighted by molar-refractivity contribution is 5.52. The van der Waals surface area contributed by atoms with E-state index in [1.54, 1.807) is 6.26 Å². The molecule has 0 aliphatic carbocycles. The standard InChI is InChI=1S/C19H26N2O2/c1-20(2)17-9-4-3-7-15(17)14-21-11-5-8-16(21)13-18(22)19-10-6-12-23-19/h3-4,6-7,9-10,12,16,18,22H,5,8,11,13-14H2,1-2H3. The van der Waals surface area contributed by atoms with Gasteiger partial charge in [-0.3, -0.25) is 4.90 Å². The van der Waals surface area contributed by atoms with Gasteiger partial charge in [0.15, 0.2) is 0 Å². The Bertz CT molecular complexity index is 610. The molecule has 2 unspecified atom stereocenters. The largest absolute Gasteiger partial charge is 0.467 e. The predicted octanol–water partition coefficient (Wildman–Crippen LogP) is 3.43. The molecule has 3 rings (SSSR count). The van der Waals surface area contributed by atoms with E-state index in [9.17, 15) is 5.11 Å². The topological polar surface area (TPSA) is 39.9 Å². The summed E-state index contributed by atoms with van der Waals surface area (Å²) in [5, 5.41) is 10.4. The Balaban J connectivity index is 1.68. The molecular formula is C19H26N2O2. The number of hydrogen-bond donors (Lipinski definition) is 1. The summed E-state index contributed by atoms with van der Waals surface area (Å²) in [6, 6.07) is 12.6. The Morgan fingerprint density at radius 3 is 2.83 bits per heavy atom. The van der Waals surface area contributed by atoms with Crippen LogP contribution in [0.4, 0.5) is 5.69 Å². The van der Waals surface area contributed by atoms with Gasteiger partial charge < -0.3 is 14.4 Å². The minimum Gasteiger partial charge on any atom is -0.467 e. The lowest BCUT2D eigenvalue weighted by Gasteiger charge is -2.28. The number of para-hydroxylation sites is 1. The summed E-state index contributed by atoms with van der Waals surface area (Å²) in [5.41, 5.74) is 2.61. The van der Waals surface area contributed by atoms with Gasteiger partial charge in [-0.05, 0) is 49.6 Å². The SMILES string of the molecule is CN(C)c1ccccc1CN1CCCC1CC(O)c1ccco1. The number of benzene rings is 1. The third-order valence-electron chi connectivity index (χ3n) is 4.71. The van der Waals surface area contributed by atoms with Crippen LogP contribution in [0.5, 0.6) is 0 Å². The molecule has 0 bridgehead atoms. The fourth-order valence-electron chi connectivity index (χ4n) is 3.52. The molecule has 1 N–H and O–H groups in total. The molecule has 124 valence electrons. The second-order valence-corrected chi connectivity index (χ2v) is 6.56. The van der Waals surface area contributed by atoms with E-state index in [4.69, 9.17) is 4.42 Å². The first-order valence-electron chi connectivity index (χ1n) is 8.36. The maximum Gasteiger partial charge on any atom is 0.132 e. The number of hydrogen-bond acceptors (Lipinski definition) is 4. The first-order valence-corrected chi connectivity index (χ1v) is 8.36. The average Bonchev–Trinajstić information content (AvgIpc) is 3.20. The van der Waals surface area contributed by atoms with Crippen LogP contribution in [0.1, 0.15) is 36.7 Å². The number of aliphatic hydroxyl groups is 1. The molecule has 1 fully saturated rings. The smallest absolute Gasteiger partial charge is 0.132 e. The van der Waals surface area contributed by atoms with E-state index in [0.717, 1.165) is 25.9 Å². The molecule has 4 nitrogen and oxygen atoms in total. The van der Waals surface area contributed by atoms with Gasteiger partial charge in [0, 0.05) is 32.4 Å². The van der Waals surface area contributed by atoms with Crippen LogP contribution in [-0.4, -0.2) is 36.7 Å². The molecule has 0 amide bonds. The molecule has 1 aromatic carbocycles. The Labute approximate surface area is 138 Å². The molecule has 2 aromatic rings. The van der Waals surface area contributed by atoms with Crippen LogP contribution in [-0.2, 0) is 6.54 Å². The van der Waals surface area contributed by atoms with E-state index in [0.29, 0.717) is 11.8 Å². The van der Waals surface area contributed by atoms with Gasteiger partial charge in [0.05, 0.1) is 6.26 Å². The van der Waals surface area contributed by atoms with Crippen LogP contribution >= 0.6 is 0 Å². The quantitative estimate of drug-likeness (QED) is 0.887. The van der Waals surface area contributed by atoms with Gasteiger partial charge in [-0.15, -0.1) is 0 Å². The molecule has 2 atom stereocenters. The first-order chi connectivity index (χ1) is 11.1. The van der Waals surface area contributed by atoms with Gasteiger partial charge in [-0.25, -0.2) is 0 Å². The first kappa shape index (κ1) is 16.1. The van der Waals surface area contributed by atoms with Crippen LogP contribution in [0.15, 0.2) is 47.1 Å². The highest BCUT2D eigenvalue weighted by atomic mass is 16.4. The van der Waals surface area contributed by atoms with Crippen molar-refractivity contribution in [1.29, 1.82) is 0 Å². The lowest BCUT2D eigenvalue weighted by molar-refractivity contribution is 0.0995. The Hall–Kier alpha value is -1.78. The summed E-state index contributed by atoms with van der Waals surface area (Å²) in [6.45, 7) is 2.03. The second-order valence-electron chi connectivity index (χ2n) is 6.56. The summed E-state index contributed by atoms with van der Waals surface area (Å²) < 4.78 is 5.33. The van der Waals surface area contributed by atoms with Gasteiger partial charge in [-0.1, -0.05) is 18.2 Å². The van der Waals surface area contributed by atoms with Gasteiger partial charge in [0.25, 0.3) is 0 Å². The maximum absolute atomic E-state index is 10.4. The number of anilines is 1. The molecule has 1 aliphatic heterocycles. The van der Waals surface area contributed by atoms with Crippen LogP contribution in [0.3, 0.4) is 0 Å². The zero-order valence-corrected chi connectivity index (χ0v) is 14.0. The number of rotatable bonds is 6.